The lowest BCUT2D eigenvalue weighted by Crippen LogP contribution is -1.84. The monoisotopic (exact) mass is 202 g/mol. The molecule has 1 aliphatic heterocycles. The number of hydrogen-bond acceptors (Lipinski definition) is 2. The molecule has 2 heteroatoms. The van der Waals surface area contributed by atoms with Gasteiger partial charge in [0.2, 0.25) is 0 Å². The van der Waals surface area contributed by atoms with Crippen molar-refractivity contribution in [2.24, 2.45) is 0 Å². The first-order valence-corrected chi connectivity index (χ1v) is 6.56. The van der Waals surface area contributed by atoms with Crippen LogP contribution in [0.3, 0.4) is 0 Å². The highest BCUT2D eigenvalue weighted by Crippen LogP contribution is 2.37. The van der Waals surface area contributed by atoms with Gasteiger partial charge in [0, 0.05) is 12.0 Å². The summed E-state index contributed by atoms with van der Waals surface area (Å²) in [6.07, 6.45) is 12.6. The molecule has 0 spiro atoms. The van der Waals surface area contributed by atoms with E-state index >= 15 is 0 Å². The van der Waals surface area contributed by atoms with E-state index in [0.29, 0.717) is 5.44 Å². The second-order valence-electron chi connectivity index (χ2n) is 3.89. The Morgan fingerprint density at radius 3 is 2.00 bits per heavy atom. The minimum absolute atomic E-state index is 0.570. The lowest BCUT2D eigenvalue weighted by atomic mass is 10.1. The molecule has 0 aromatic heterocycles. The minimum Gasteiger partial charge on any atom is -0.296 e. The molecule has 1 fully saturated rings. The van der Waals surface area contributed by atoms with Gasteiger partial charge in [0.05, 0.1) is 0 Å². The molecule has 1 unspecified atom stereocenters. The van der Waals surface area contributed by atoms with E-state index < -0.39 is 0 Å². The molecule has 1 rings (SSSR count). The maximum atomic E-state index is 5.08. The van der Waals surface area contributed by atoms with Gasteiger partial charge in [-0.1, -0.05) is 51.9 Å². The van der Waals surface area contributed by atoms with Crippen LogP contribution in [0.15, 0.2) is 0 Å². The quantitative estimate of drug-likeness (QED) is 0.309. The predicted molar refractivity (Wildman–Crippen MR) is 59.7 cm³/mol. The van der Waals surface area contributed by atoms with Crippen molar-refractivity contribution in [2.45, 2.75) is 70.1 Å². The Labute approximate surface area is 86.8 Å². The molecule has 0 aromatic rings. The molecule has 0 bridgehead atoms. The van der Waals surface area contributed by atoms with Crippen molar-refractivity contribution >= 4 is 12.0 Å². The SMILES string of the molecule is CCCCCCCCCCC1OS1. The van der Waals surface area contributed by atoms with Crippen molar-refractivity contribution in [3.05, 3.63) is 0 Å². The van der Waals surface area contributed by atoms with E-state index in [0.717, 1.165) is 0 Å². The molecule has 0 N–H and O–H groups in total. The van der Waals surface area contributed by atoms with Gasteiger partial charge in [-0.25, -0.2) is 0 Å². The molecule has 0 aromatic carbocycles. The third-order valence-corrected chi connectivity index (χ3v) is 3.23. The van der Waals surface area contributed by atoms with E-state index in [1.807, 2.05) is 0 Å². The van der Waals surface area contributed by atoms with E-state index in [1.165, 1.54) is 57.8 Å². The highest BCUT2D eigenvalue weighted by atomic mass is 32.2. The van der Waals surface area contributed by atoms with E-state index in [4.69, 9.17) is 4.18 Å². The Balaban J connectivity index is 1.63. The smallest absolute Gasteiger partial charge is 0.143 e. The fourth-order valence-corrected chi connectivity index (χ4v) is 2.02. The van der Waals surface area contributed by atoms with Gasteiger partial charge in [-0.15, -0.1) is 0 Å². The van der Waals surface area contributed by atoms with Crippen LogP contribution in [0, 0.1) is 0 Å². The molecule has 1 heterocycles. The van der Waals surface area contributed by atoms with Crippen LogP contribution in [0.1, 0.15) is 64.7 Å². The number of rotatable bonds is 9. The Bertz CT molecular complexity index is 113. The van der Waals surface area contributed by atoms with Crippen molar-refractivity contribution < 1.29 is 4.18 Å². The van der Waals surface area contributed by atoms with Crippen molar-refractivity contribution in [3.8, 4) is 0 Å². The number of unbranched alkanes of at least 4 members (excludes halogenated alkanes) is 7. The molecule has 13 heavy (non-hydrogen) atoms. The Morgan fingerprint density at radius 2 is 1.46 bits per heavy atom. The molecule has 1 saturated heterocycles. The van der Waals surface area contributed by atoms with Gasteiger partial charge in [0.25, 0.3) is 0 Å². The highest BCUT2D eigenvalue weighted by Gasteiger charge is 2.23. The zero-order valence-electron chi connectivity index (χ0n) is 8.76. The van der Waals surface area contributed by atoms with Crippen LogP contribution in [-0.4, -0.2) is 5.44 Å². The zero-order chi connectivity index (χ0) is 9.36. The summed E-state index contributed by atoms with van der Waals surface area (Å²) < 4.78 is 5.08. The Hall–Kier alpha value is 0.310. The van der Waals surface area contributed by atoms with E-state index in [-0.39, 0.29) is 0 Å². The van der Waals surface area contributed by atoms with Gasteiger partial charge in [0.15, 0.2) is 0 Å². The first-order valence-electron chi connectivity index (χ1n) is 5.75. The molecule has 78 valence electrons. The Kier molecular flexibility index (Phi) is 6.73. The van der Waals surface area contributed by atoms with Gasteiger partial charge in [-0.05, 0) is 12.8 Å². The topological polar surface area (TPSA) is 12.5 Å². The highest BCUT2D eigenvalue weighted by molar-refractivity contribution is 8.00. The minimum atomic E-state index is 0.570. The molecule has 1 nitrogen and oxygen atoms in total. The molecule has 0 saturated carbocycles. The average Bonchev–Trinajstić information content (AvgIpc) is 2.93. The molecule has 1 atom stereocenters. The number of hydrogen-bond donors (Lipinski definition) is 0. The fourth-order valence-electron chi connectivity index (χ4n) is 1.58. The zero-order valence-corrected chi connectivity index (χ0v) is 9.57. The summed E-state index contributed by atoms with van der Waals surface area (Å²) in [4.78, 5) is 0. The lowest BCUT2D eigenvalue weighted by Gasteiger charge is -1.99. The fraction of sp³-hybridized carbons (Fsp3) is 1.00. The van der Waals surface area contributed by atoms with Crippen LogP contribution < -0.4 is 0 Å². The van der Waals surface area contributed by atoms with Crippen molar-refractivity contribution in [3.63, 3.8) is 0 Å². The van der Waals surface area contributed by atoms with E-state index in [1.54, 1.807) is 12.0 Å². The van der Waals surface area contributed by atoms with Crippen LogP contribution in [0.5, 0.6) is 0 Å². The van der Waals surface area contributed by atoms with Gasteiger partial charge >= 0.3 is 0 Å². The summed E-state index contributed by atoms with van der Waals surface area (Å²) in [5.41, 5.74) is 0.570. The van der Waals surface area contributed by atoms with Crippen molar-refractivity contribution in [1.82, 2.24) is 0 Å². The van der Waals surface area contributed by atoms with Gasteiger partial charge in [-0.2, -0.15) is 0 Å². The summed E-state index contributed by atoms with van der Waals surface area (Å²) in [7, 11) is 0. The normalized spacial score (nSPS) is 20.5. The van der Waals surface area contributed by atoms with Crippen molar-refractivity contribution in [1.29, 1.82) is 0 Å². The van der Waals surface area contributed by atoms with Crippen LogP contribution in [0.25, 0.3) is 0 Å². The van der Waals surface area contributed by atoms with E-state index in [9.17, 15) is 0 Å². The molecule has 1 aliphatic rings. The summed E-state index contributed by atoms with van der Waals surface area (Å²) >= 11 is 1.64. The maximum Gasteiger partial charge on any atom is 0.143 e. The average molecular weight is 202 g/mol. The van der Waals surface area contributed by atoms with Gasteiger partial charge < -0.3 is 0 Å². The predicted octanol–water partition coefficient (Wildman–Crippen LogP) is 4.52. The molecular weight excluding hydrogens is 180 g/mol. The van der Waals surface area contributed by atoms with Crippen LogP contribution in [-0.2, 0) is 4.18 Å². The second-order valence-corrected chi connectivity index (χ2v) is 4.80. The maximum absolute atomic E-state index is 5.08. The van der Waals surface area contributed by atoms with Crippen LogP contribution >= 0.6 is 12.0 Å². The molecule has 0 radical (unpaired) electrons. The standard InChI is InChI=1S/C11H22OS/c1-2-3-4-5-6-7-8-9-10-11-12-13-11/h11H,2-10H2,1H3. The van der Waals surface area contributed by atoms with Crippen molar-refractivity contribution in [2.75, 3.05) is 0 Å². The molecule has 0 amide bonds. The third-order valence-electron chi connectivity index (χ3n) is 2.53. The van der Waals surface area contributed by atoms with Gasteiger partial charge in [-0.3, -0.25) is 4.18 Å². The third kappa shape index (κ3) is 7.39. The van der Waals surface area contributed by atoms with Crippen LogP contribution in [0.2, 0.25) is 0 Å². The summed E-state index contributed by atoms with van der Waals surface area (Å²) in [5, 5.41) is 0. The van der Waals surface area contributed by atoms with Crippen LogP contribution in [0.4, 0.5) is 0 Å². The Morgan fingerprint density at radius 1 is 0.923 bits per heavy atom. The summed E-state index contributed by atoms with van der Waals surface area (Å²) in [6, 6.07) is 0. The van der Waals surface area contributed by atoms with Gasteiger partial charge in [0.1, 0.15) is 5.44 Å². The molecule has 0 aliphatic carbocycles. The molecular formula is C11H22OS. The van der Waals surface area contributed by atoms with E-state index in [2.05, 4.69) is 6.92 Å². The largest absolute Gasteiger partial charge is 0.296 e. The first kappa shape index (κ1) is 11.4. The first-order chi connectivity index (χ1) is 6.43. The second kappa shape index (κ2) is 7.69. The summed E-state index contributed by atoms with van der Waals surface area (Å²) in [5.74, 6) is 0. The lowest BCUT2D eigenvalue weighted by molar-refractivity contribution is 0.423. The summed E-state index contributed by atoms with van der Waals surface area (Å²) in [6.45, 7) is 2.27.